The van der Waals surface area contributed by atoms with Crippen LogP contribution in [0.25, 0.3) is 12.2 Å². The summed E-state index contributed by atoms with van der Waals surface area (Å²) in [4.78, 5) is 13.8. The molecular weight excluding hydrogens is 552 g/mol. The van der Waals surface area contributed by atoms with Gasteiger partial charge in [-0.2, -0.15) is 13.7 Å². The van der Waals surface area contributed by atoms with E-state index in [1.54, 1.807) is 14.0 Å². The van der Waals surface area contributed by atoms with E-state index in [1.165, 1.54) is 29.2 Å². The average molecular weight is 591 g/mol. The third kappa shape index (κ3) is 9.84. The lowest BCUT2D eigenvalue weighted by Gasteiger charge is -2.24. The number of carbonyl (C=O) groups is 1. The predicted octanol–water partition coefficient (Wildman–Crippen LogP) is 7.36. The lowest BCUT2D eigenvalue weighted by Crippen LogP contribution is -2.34. The molecule has 0 fully saturated rings. The Morgan fingerprint density at radius 1 is 0.929 bits per heavy atom. The second-order valence-electron chi connectivity index (χ2n) is 10.9. The lowest BCUT2D eigenvalue weighted by atomic mass is 10.1. The molecule has 0 heterocycles. The van der Waals surface area contributed by atoms with Crippen LogP contribution in [0.2, 0.25) is 0 Å². The Hall–Kier alpha value is -3.97. The van der Waals surface area contributed by atoms with Crippen molar-refractivity contribution in [3.63, 3.8) is 0 Å². The van der Waals surface area contributed by atoms with Gasteiger partial charge in [-0.3, -0.25) is 9.08 Å². The summed E-state index contributed by atoms with van der Waals surface area (Å²) in [6, 6.07) is 23.2. The number of anilines is 1. The highest BCUT2D eigenvalue weighted by atomic mass is 32.2. The Balaban J connectivity index is 1.47. The summed E-state index contributed by atoms with van der Waals surface area (Å²) in [6.07, 6.45) is 3.25. The minimum absolute atomic E-state index is 0.0135. The number of carbonyl (C=O) groups excluding carboxylic acids is 1. The number of benzene rings is 3. The molecule has 1 amide bonds. The van der Waals surface area contributed by atoms with Gasteiger partial charge in [-0.1, -0.05) is 48.6 Å². The van der Waals surface area contributed by atoms with Crippen LogP contribution in [0.1, 0.15) is 69.4 Å². The molecule has 0 radical (unpaired) electrons. The smallest absolute Gasteiger partial charge is 0.414 e. The topological polar surface area (TPSA) is 106 Å². The number of ether oxygens (including phenoxy) is 2. The van der Waals surface area contributed by atoms with Gasteiger partial charge in [-0.15, -0.1) is 0 Å². The zero-order chi connectivity index (χ0) is 30.9. The molecule has 0 aliphatic rings. The van der Waals surface area contributed by atoms with Gasteiger partial charge in [-0.05, 0) is 94.1 Å². The van der Waals surface area contributed by atoms with Gasteiger partial charge in [0.1, 0.15) is 5.60 Å². The first-order chi connectivity index (χ1) is 19.8. The summed E-state index contributed by atoms with van der Waals surface area (Å²) in [5.74, 6) is 0. The van der Waals surface area contributed by atoms with E-state index in [1.807, 2.05) is 94.4 Å². The van der Waals surface area contributed by atoms with Gasteiger partial charge in [0.25, 0.3) is 10.1 Å². The van der Waals surface area contributed by atoms with Crippen LogP contribution >= 0.6 is 0 Å². The molecule has 0 spiro atoms. The third-order valence-corrected chi connectivity index (χ3v) is 7.71. The van der Waals surface area contributed by atoms with Gasteiger partial charge in [0.05, 0.1) is 28.7 Å². The first kappa shape index (κ1) is 32.5. The Labute approximate surface area is 249 Å². The van der Waals surface area contributed by atoms with E-state index in [0.717, 1.165) is 22.4 Å². The van der Waals surface area contributed by atoms with Crippen molar-refractivity contribution in [1.29, 1.82) is 5.26 Å². The number of nitrogens with zero attached hydrogens (tertiary/aromatic N) is 2. The maximum absolute atomic E-state index is 12.5. The van der Waals surface area contributed by atoms with E-state index in [-0.39, 0.29) is 11.0 Å². The zero-order valence-electron chi connectivity index (χ0n) is 24.9. The van der Waals surface area contributed by atoms with Gasteiger partial charge in [0, 0.05) is 19.3 Å². The Morgan fingerprint density at radius 3 is 2.00 bits per heavy atom. The van der Waals surface area contributed by atoms with Crippen molar-refractivity contribution in [2.45, 2.75) is 63.7 Å². The van der Waals surface area contributed by atoms with Crippen LogP contribution in [0.15, 0.2) is 77.7 Å². The third-order valence-electron chi connectivity index (χ3n) is 6.28. The summed E-state index contributed by atoms with van der Waals surface area (Å²) in [5.41, 5.74) is 3.59. The van der Waals surface area contributed by atoms with Gasteiger partial charge >= 0.3 is 6.09 Å². The summed E-state index contributed by atoms with van der Waals surface area (Å²) >= 11 is 0. The highest BCUT2D eigenvalue weighted by molar-refractivity contribution is 7.86. The Kier molecular flexibility index (Phi) is 11.1. The quantitative estimate of drug-likeness (QED) is 0.170. The van der Waals surface area contributed by atoms with Gasteiger partial charge in [-0.25, -0.2) is 4.79 Å². The molecule has 42 heavy (non-hydrogen) atoms. The van der Waals surface area contributed by atoms with E-state index >= 15 is 0 Å². The fourth-order valence-electron chi connectivity index (χ4n) is 3.84. The van der Waals surface area contributed by atoms with E-state index in [0.29, 0.717) is 18.6 Å². The summed E-state index contributed by atoms with van der Waals surface area (Å²) < 4.78 is 41.6. The standard InChI is InChI=1S/C33H38N2O6S/c1-24(41-42(37,38)31-19-13-28(23-34)14-20-31)21-22-39-25(2)29-15-9-26(10-16-29)7-8-27-11-17-30(18-12-27)35(6)32(36)40-33(3,4)5/h7-20,24-25H,21-22H2,1-6H3. The molecule has 2 unspecified atom stereocenters. The fraction of sp³-hybridized carbons (Fsp3) is 0.333. The van der Waals surface area contributed by atoms with Crippen molar-refractivity contribution in [3.05, 3.63) is 95.1 Å². The van der Waals surface area contributed by atoms with E-state index in [2.05, 4.69) is 0 Å². The van der Waals surface area contributed by atoms with Gasteiger partial charge < -0.3 is 9.47 Å². The van der Waals surface area contributed by atoms with E-state index in [4.69, 9.17) is 18.9 Å². The number of nitriles is 1. The number of hydrogen-bond acceptors (Lipinski definition) is 7. The summed E-state index contributed by atoms with van der Waals surface area (Å²) in [7, 11) is -2.24. The van der Waals surface area contributed by atoms with Crippen molar-refractivity contribution in [3.8, 4) is 6.07 Å². The second kappa shape index (κ2) is 14.3. The van der Waals surface area contributed by atoms with Crippen LogP contribution in [-0.2, 0) is 23.8 Å². The number of amides is 1. The summed E-state index contributed by atoms with van der Waals surface area (Å²) in [5, 5.41) is 8.88. The van der Waals surface area contributed by atoms with Crippen molar-refractivity contribution in [2.75, 3.05) is 18.6 Å². The first-order valence-corrected chi connectivity index (χ1v) is 15.1. The minimum atomic E-state index is -3.93. The van der Waals surface area contributed by atoms with Crippen molar-refractivity contribution in [1.82, 2.24) is 0 Å². The van der Waals surface area contributed by atoms with Crippen LogP contribution in [0.3, 0.4) is 0 Å². The van der Waals surface area contributed by atoms with Gasteiger partial charge in [0.15, 0.2) is 0 Å². The first-order valence-electron chi connectivity index (χ1n) is 13.7. The minimum Gasteiger partial charge on any atom is -0.443 e. The monoisotopic (exact) mass is 590 g/mol. The normalized spacial score (nSPS) is 13.4. The number of rotatable bonds is 11. The molecule has 0 N–H and O–H groups in total. The highest BCUT2D eigenvalue weighted by Crippen LogP contribution is 2.22. The molecule has 8 nitrogen and oxygen atoms in total. The van der Waals surface area contributed by atoms with Crippen LogP contribution in [-0.4, -0.2) is 39.9 Å². The Bertz CT molecular complexity index is 1500. The molecule has 0 saturated carbocycles. The molecule has 3 aromatic carbocycles. The number of hydrogen-bond donors (Lipinski definition) is 0. The lowest BCUT2D eigenvalue weighted by molar-refractivity contribution is 0.0464. The maximum atomic E-state index is 12.5. The fourth-order valence-corrected chi connectivity index (χ4v) is 4.95. The molecule has 0 saturated heterocycles. The molecule has 3 rings (SSSR count). The van der Waals surface area contributed by atoms with E-state index in [9.17, 15) is 13.2 Å². The molecule has 222 valence electrons. The Morgan fingerprint density at radius 2 is 1.48 bits per heavy atom. The molecular formula is C33H38N2O6S. The molecule has 9 heteroatoms. The second-order valence-corrected chi connectivity index (χ2v) is 12.5. The van der Waals surface area contributed by atoms with Crippen molar-refractivity contribution >= 4 is 34.1 Å². The van der Waals surface area contributed by atoms with Crippen molar-refractivity contribution < 1.29 is 26.9 Å². The molecule has 0 bridgehead atoms. The summed E-state index contributed by atoms with van der Waals surface area (Å²) in [6.45, 7) is 9.46. The molecule has 0 aliphatic carbocycles. The molecule has 0 aliphatic heterocycles. The SMILES string of the molecule is CC(CCOC(C)c1ccc(C=Cc2ccc(N(C)C(=O)OC(C)(C)C)cc2)cc1)OS(=O)(=O)c1ccc(C#N)cc1. The van der Waals surface area contributed by atoms with Gasteiger partial charge in [0.2, 0.25) is 0 Å². The average Bonchev–Trinajstić information content (AvgIpc) is 2.95. The molecule has 0 aromatic heterocycles. The van der Waals surface area contributed by atoms with Crippen molar-refractivity contribution in [2.24, 2.45) is 0 Å². The van der Waals surface area contributed by atoms with Crippen LogP contribution in [0, 0.1) is 11.3 Å². The zero-order valence-corrected chi connectivity index (χ0v) is 25.7. The predicted molar refractivity (Wildman–Crippen MR) is 164 cm³/mol. The molecule has 3 aromatic rings. The molecule has 2 atom stereocenters. The largest absolute Gasteiger partial charge is 0.443 e. The van der Waals surface area contributed by atoms with E-state index < -0.39 is 27.9 Å². The van der Waals surface area contributed by atoms with Crippen LogP contribution in [0.4, 0.5) is 10.5 Å². The maximum Gasteiger partial charge on any atom is 0.414 e. The highest BCUT2D eigenvalue weighted by Gasteiger charge is 2.21. The van der Waals surface area contributed by atoms with Crippen LogP contribution in [0.5, 0.6) is 0 Å². The van der Waals surface area contributed by atoms with Crippen LogP contribution < -0.4 is 4.90 Å².